The zero-order valence-corrected chi connectivity index (χ0v) is 12.0. The standard InChI is InChI=1S/C15H28B2/c1-4-10-16-11-6-5-8-15-9-7-12-17(13-15)14(2)3/h6,11,13-14,16H,4-5,7-10,12H2,1-3H3/b11-6-. The maximum absolute atomic E-state index is 2.58. The fourth-order valence-corrected chi connectivity index (χ4v) is 2.59. The molecular weight excluding hydrogens is 202 g/mol. The van der Waals surface area contributed by atoms with E-state index in [0.717, 1.165) is 12.5 Å². The van der Waals surface area contributed by atoms with Gasteiger partial charge in [-0.3, -0.25) is 0 Å². The highest BCUT2D eigenvalue weighted by atomic mass is 14.1. The molecule has 0 radical (unpaired) electrons. The summed E-state index contributed by atoms with van der Waals surface area (Å²) in [5.74, 6) is 5.77. The third kappa shape index (κ3) is 6.19. The van der Waals surface area contributed by atoms with Crippen molar-refractivity contribution >= 4 is 14.0 Å². The Labute approximate surface area is 109 Å². The van der Waals surface area contributed by atoms with Crippen LogP contribution in [0.1, 0.15) is 52.9 Å². The average molecular weight is 230 g/mol. The topological polar surface area (TPSA) is 0 Å². The van der Waals surface area contributed by atoms with E-state index in [1.807, 2.05) is 0 Å². The van der Waals surface area contributed by atoms with Crippen LogP contribution in [-0.4, -0.2) is 14.0 Å². The first kappa shape index (κ1) is 14.7. The molecule has 1 heterocycles. The molecule has 0 saturated carbocycles. The summed E-state index contributed by atoms with van der Waals surface area (Å²) in [5.41, 5.74) is 1.72. The fraction of sp³-hybridized carbons (Fsp3) is 0.733. The third-order valence-electron chi connectivity index (χ3n) is 3.86. The molecule has 1 aliphatic rings. The van der Waals surface area contributed by atoms with Gasteiger partial charge in [0.2, 0.25) is 0 Å². The zero-order valence-electron chi connectivity index (χ0n) is 12.0. The van der Waals surface area contributed by atoms with Gasteiger partial charge in [-0.2, -0.15) is 0 Å². The van der Waals surface area contributed by atoms with Crippen molar-refractivity contribution in [1.29, 1.82) is 0 Å². The van der Waals surface area contributed by atoms with Crippen molar-refractivity contribution in [2.75, 3.05) is 0 Å². The molecule has 17 heavy (non-hydrogen) atoms. The molecule has 0 nitrogen and oxygen atoms in total. The highest BCUT2D eigenvalue weighted by Crippen LogP contribution is 2.27. The molecule has 0 aromatic carbocycles. The second kappa shape index (κ2) is 8.66. The van der Waals surface area contributed by atoms with Gasteiger partial charge in [-0.25, -0.2) is 0 Å². The SMILES string of the molecule is CCCB/C=C\CCC1=CB(C(C)C)CCC1. The highest BCUT2D eigenvalue weighted by molar-refractivity contribution is 6.66. The van der Waals surface area contributed by atoms with Crippen molar-refractivity contribution in [3.63, 3.8) is 0 Å². The molecule has 0 aromatic heterocycles. The van der Waals surface area contributed by atoms with Gasteiger partial charge in [0, 0.05) is 0 Å². The molecule has 0 aromatic rings. The fourth-order valence-electron chi connectivity index (χ4n) is 2.59. The Balaban J connectivity index is 2.24. The Bertz CT molecular complexity index is 254. The number of hydrogen-bond acceptors (Lipinski definition) is 0. The average Bonchev–Trinajstić information content (AvgIpc) is 2.34. The highest BCUT2D eigenvalue weighted by Gasteiger charge is 2.19. The summed E-state index contributed by atoms with van der Waals surface area (Å²) in [6, 6.07) is 0. The van der Waals surface area contributed by atoms with Crippen LogP contribution >= 0.6 is 0 Å². The molecule has 1 aliphatic heterocycles. The molecular formula is C15H28B2. The molecule has 0 amide bonds. The lowest BCUT2D eigenvalue weighted by atomic mass is 9.37. The lowest BCUT2D eigenvalue weighted by Gasteiger charge is -2.21. The van der Waals surface area contributed by atoms with Crippen LogP contribution in [0.4, 0.5) is 0 Å². The van der Waals surface area contributed by atoms with Crippen molar-refractivity contribution in [1.82, 2.24) is 0 Å². The molecule has 0 bridgehead atoms. The van der Waals surface area contributed by atoms with Gasteiger partial charge >= 0.3 is 0 Å². The predicted molar refractivity (Wildman–Crippen MR) is 83.6 cm³/mol. The summed E-state index contributed by atoms with van der Waals surface area (Å²) >= 11 is 0. The first-order valence-corrected chi connectivity index (χ1v) is 7.58. The Kier molecular flexibility index (Phi) is 7.48. The van der Waals surface area contributed by atoms with Gasteiger partial charge in [-0.1, -0.05) is 63.7 Å². The Morgan fingerprint density at radius 3 is 3.00 bits per heavy atom. The lowest BCUT2D eigenvalue weighted by molar-refractivity contribution is 0.801. The van der Waals surface area contributed by atoms with Crippen LogP contribution in [0.2, 0.25) is 18.5 Å². The van der Waals surface area contributed by atoms with Gasteiger partial charge in [0.1, 0.15) is 7.28 Å². The van der Waals surface area contributed by atoms with Crippen LogP contribution in [-0.2, 0) is 0 Å². The van der Waals surface area contributed by atoms with E-state index in [1.54, 1.807) is 5.57 Å². The van der Waals surface area contributed by atoms with Crippen LogP contribution in [0.25, 0.3) is 0 Å². The quantitative estimate of drug-likeness (QED) is 0.438. The molecule has 0 unspecified atom stereocenters. The van der Waals surface area contributed by atoms with Gasteiger partial charge < -0.3 is 0 Å². The van der Waals surface area contributed by atoms with Gasteiger partial charge in [0.25, 0.3) is 0 Å². The molecule has 0 aliphatic carbocycles. The van der Waals surface area contributed by atoms with Crippen molar-refractivity contribution in [3.05, 3.63) is 23.6 Å². The van der Waals surface area contributed by atoms with E-state index in [2.05, 4.69) is 38.8 Å². The third-order valence-corrected chi connectivity index (χ3v) is 3.86. The minimum absolute atomic E-state index is 0.824. The first-order valence-electron chi connectivity index (χ1n) is 7.58. The minimum Gasteiger partial charge on any atom is -0.123 e. The normalized spacial score (nSPS) is 16.7. The molecule has 2 heteroatoms. The lowest BCUT2D eigenvalue weighted by Crippen LogP contribution is -2.18. The van der Waals surface area contributed by atoms with Gasteiger partial charge in [-0.15, -0.1) is 12.0 Å². The van der Waals surface area contributed by atoms with E-state index < -0.39 is 0 Å². The molecule has 0 N–H and O–H groups in total. The Morgan fingerprint density at radius 1 is 1.47 bits per heavy atom. The summed E-state index contributed by atoms with van der Waals surface area (Å²) < 4.78 is 0. The molecule has 0 spiro atoms. The summed E-state index contributed by atoms with van der Waals surface area (Å²) in [6.07, 6.45) is 11.8. The summed E-state index contributed by atoms with van der Waals surface area (Å²) in [6.45, 7) is 7.82. The van der Waals surface area contributed by atoms with Crippen LogP contribution in [0.5, 0.6) is 0 Å². The van der Waals surface area contributed by atoms with Crippen molar-refractivity contribution in [3.8, 4) is 0 Å². The van der Waals surface area contributed by atoms with E-state index in [4.69, 9.17) is 0 Å². The summed E-state index contributed by atoms with van der Waals surface area (Å²) in [7, 11) is 1.27. The number of hydrogen-bond donors (Lipinski definition) is 0. The monoisotopic (exact) mass is 230 g/mol. The summed E-state index contributed by atoms with van der Waals surface area (Å²) in [5, 5.41) is 0. The number of allylic oxidation sites excluding steroid dienone is 2. The van der Waals surface area contributed by atoms with Crippen molar-refractivity contribution < 1.29 is 0 Å². The zero-order chi connectivity index (χ0) is 12.5. The molecule has 94 valence electrons. The second-order valence-corrected chi connectivity index (χ2v) is 5.78. The Morgan fingerprint density at radius 2 is 2.29 bits per heavy atom. The van der Waals surface area contributed by atoms with E-state index in [-0.39, 0.29) is 0 Å². The van der Waals surface area contributed by atoms with Gasteiger partial charge in [-0.05, 0) is 19.3 Å². The predicted octanol–water partition coefficient (Wildman–Crippen LogP) is 4.71. The van der Waals surface area contributed by atoms with E-state index in [1.165, 1.54) is 52.0 Å². The van der Waals surface area contributed by atoms with E-state index >= 15 is 0 Å². The minimum atomic E-state index is 0.824. The smallest absolute Gasteiger partial charge is 0.123 e. The van der Waals surface area contributed by atoms with E-state index in [9.17, 15) is 0 Å². The molecule has 1 rings (SSSR count). The first-order chi connectivity index (χ1) is 8.24. The Hall–Kier alpha value is -0.390. The van der Waals surface area contributed by atoms with Crippen LogP contribution in [0.15, 0.2) is 23.6 Å². The van der Waals surface area contributed by atoms with Gasteiger partial charge in [0.15, 0.2) is 6.71 Å². The number of rotatable bonds is 7. The largest absolute Gasteiger partial charge is 0.169 e. The second-order valence-electron chi connectivity index (χ2n) is 5.78. The van der Waals surface area contributed by atoms with Crippen LogP contribution in [0.3, 0.4) is 0 Å². The maximum atomic E-state index is 2.58. The van der Waals surface area contributed by atoms with Crippen molar-refractivity contribution in [2.45, 2.75) is 71.3 Å². The van der Waals surface area contributed by atoms with Crippen LogP contribution < -0.4 is 0 Å². The maximum Gasteiger partial charge on any atom is 0.169 e. The van der Waals surface area contributed by atoms with E-state index in [0.29, 0.717) is 0 Å². The van der Waals surface area contributed by atoms with Crippen LogP contribution in [0, 0.1) is 0 Å². The molecule has 0 fully saturated rings. The summed E-state index contributed by atoms with van der Waals surface area (Å²) in [4.78, 5) is 0. The molecule has 0 atom stereocenters. The molecule has 0 saturated heterocycles. The van der Waals surface area contributed by atoms with Crippen molar-refractivity contribution in [2.24, 2.45) is 0 Å². The van der Waals surface area contributed by atoms with Gasteiger partial charge in [0.05, 0.1) is 0 Å².